The lowest BCUT2D eigenvalue weighted by atomic mass is 10.0. The molecule has 4 aromatic rings. The summed E-state index contributed by atoms with van der Waals surface area (Å²) in [5.41, 5.74) is 2.85. The van der Waals surface area contributed by atoms with Gasteiger partial charge in [-0.3, -0.25) is 0 Å². The van der Waals surface area contributed by atoms with Crippen LogP contribution in [0.2, 0.25) is 0 Å². The zero-order chi connectivity index (χ0) is 19.6. The number of hydrogen-bond acceptors (Lipinski definition) is 5. The molecule has 0 radical (unpaired) electrons. The quantitative estimate of drug-likeness (QED) is 0.505. The Hall–Kier alpha value is -3.19. The van der Waals surface area contributed by atoms with Crippen LogP contribution in [0.25, 0.3) is 22.3 Å². The molecule has 1 saturated heterocycles. The summed E-state index contributed by atoms with van der Waals surface area (Å²) in [4.78, 5) is 11.2. The van der Waals surface area contributed by atoms with Gasteiger partial charge in [0.15, 0.2) is 13.6 Å². The summed E-state index contributed by atoms with van der Waals surface area (Å²) in [6.45, 7) is 2.13. The minimum Gasteiger partial charge on any atom is -0.457 e. The van der Waals surface area contributed by atoms with Gasteiger partial charge in [0, 0.05) is 18.3 Å². The van der Waals surface area contributed by atoms with E-state index in [1.807, 2.05) is 60.8 Å². The Labute approximate surface area is 170 Å². The fourth-order valence-electron chi connectivity index (χ4n) is 3.99. The molecule has 29 heavy (non-hydrogen) atoms. The molecular formula is C22H22BN5O. The average molecular weight is 383 g/mol. The number of aromatic nitrogens is 4. The third kappa shape index (κ3) is 3.61. The van der Waals surface area contributed by atoms with Crippen LogP contribution in [0, 0.1) is 0 Å². The van der Waals surface area contributed by atoms with Gasteiger partial charge in [-0.15, -0.1) is 0 Å². The van der Waals surface area contributed by atoms with Crippen LogP contribution in [0.15, 0.2) is 67.1 Å². The van der Waals surface area contributed by atoms with E-state index in [1.165, 1.54) is 6.42 Å². The maximum atomic E-state index is 5.91. The van der Waals surface area contributed by atoms with E-state index in [0.717, 1.165) is 53.3 Å². The van der Waals surface area contributed by atoms with E-state index in [1.54, 1.807) is 6.33 Å². The van der Waals surface area contributed by atoms with E-state index < -0.39 is 0 Å². The van der Waals surface area contributed by atoms with Gasteiger partial charge in [-0.1, -0.05) is 18.2 Å². The van der Waals surface area contributed by atoms with Crippen molar-refractivity contribution in [2.24, 2.45) is 0 Å². The van der Waals surface area contributed by atoms with Gasteiger partial charge in [0.25, 0.3) is 0 Å². The molecule has 2 aromatic heterocycles. The van der Waals surface area contributed by atoms with E-state index >= 15 is 0 Å². The first-order valence-corrected chi connectivity index (χ1v) is 9.98. The standard InChI is InChI=1S/C22H22BN5O/c23-27-12-4-5-17(14-27)28-22-20(13-24-15-25-22)21(26-28)16-8-10-19(11-9-16)29-18-6-2-1-3-7-18/h1-3,6-11,13,15,17H,4-5,12,14,23H2/t17-/m0/s1. The molecule has 1 aliphatic rings. The molecule has 0 bridgehead atoms. The molecule has 0 amide bonds. The summed E-state index contributed by atoms with van der Waals surface area (Å²) >= 11 is 0. The van der Waals surface area contributed by atoms with Crippen LogP contribution in [0.4, 0.5) is 0 Å². The number of para-hydroxylation sites is 1. The van der Waals surface area contributed by atoms with Crippen LogP contribution in [0.1, 0.15) is 18.9 Å². The van der Waals surface area contributed by atoms with Crippen LogP contribution < -0.4 is 4.74 Å². The molecule has 6 nitrogen and oxygen atoms in total. The highest BCUT2D eigenvalue weighted by Gasteiger charge is 2.23. The fraction of sp³-hybridized carbons (Fsp3) is 0.227. The topological polar surface area (TPSA) is 56.1 Å². The molecule has 3 heterocycles. The van der Waals surface area contributed by atoms with Crippen LogP contribution >= 0.6 is 0 Å². The normalized spacial score (nSPS) is 17.4. The van der Waals surface area contributed by atoms with Crippen molar-refractivity contribution in [3.8, 4) is 22.8 Å². The summed E-state index contributed by atoms with van der Waals surface area (Å²) in [6, 6.07) is 18.2. The molecule has 0 unspecified atom stereocenters. The minimum atomic E-state index is 0.334. The van der Waals surface area contributed by atoms with Crippen molar-refractivity contribution >= 4 is 19.0 Å². The number of benzene rings is 2. The Kier molecular flexibility index (Phi) is 4.73. The predicted octanol–water partition coefficient (Wildman–Crippen LogP) is 3.47. The van der Waals surface area contributed by atoms with Gasteiger partial charge in [0.1, 0.15) is 23.5 Å². The fourth-order valence-corrected chi connectivity index (χ4v) is 3.99. The summed E-state index contributed by atoms with van der Waals surface area (Å²) in [6.07, 6.45) is 5.76. The van der Waals surface area contributed by atoms with Gasteiger partial charge in [-0.2, -0.15) is 5.10 Å². The summed E-state index contributed by atoms with van der Waals surface area (Å²) in [5, 5.41) is 5.96. The Bertz CT molecular complexity index is 1110. The highest BCUT2D eigenvalue weighted by atomic mass is 16.5. The molecule has 5 rings (SSSR count). The molecule has 0 aliphatic carbocycles. The SMILES string of the molecule is BN1CCC[C@H](n2nc(-c3ccc(Oc4ccccc4)cc3)c3cncnc32)C1. The molecule has 0 saturated carbocycles. The van der Waals surface area contributed by atoms with E-state index in [0.29, 0.717) is 6.04 Å². The molecule has 7 heteroatoms. The third-order valence-electron chi connectivity index (χ3n) is 5.42. The van der Waals surface area contributed by atoms with Crippen molar-refractivity contribution in [1.29, 1.82) is 0 Å². The van der Waals surface area contributed by atoms with Crippen LogP contribution in [0.5, 0.6) is 11.5 Å². The smallest absolute Gasteiger partial charge is 0.185 e. The van der Waals surface area contributed by atoms with Crippen molar-refractivity contribution in [2.75, 3.05) is 13.1 Å². The predicted molar refractivity (Wildman–Crippen MR) is 116 cm³/mol. The lowest BCUT2D eigenvalue weighted by Crippen LogP contribution is -2.35. The zero-order valence-corrected chi connectivity index (χ0v) is 16.4. The summed E-state index contributed by atoms with van der Waals surface area (Å²) < 4.78 is 8.01. The second-order valence-corrected chi connectivity index (χ2v) is 7.55. The minimum absolute atomic E-state index is 0.334. The van der Waals surface area contributed by atoms with E-state index in [-0.39, 0.29) is 0 Å². The number of fused-ring (bicyclic) bond motifs is 1. The lowest BCUT2D eigenvalue weighted by molar-refractivity contribution is 0.265. The monoisotopic (exact) mass is 383 g/mol. The number of hydrogen-bond donors (Lipinski definition) is 0. The van der Waals surface area contributed by atoms with E-state index in [4.69, 9.17) is 9.84 Å². The van der Waals surface area contributed by atoms with Crippen LogP contribution in [-0.4, -0.2) is 45.6 Å². The first-order chi connectivity index (χ1) is 14.3. The van der Waals surface area contributed by atoms with E-state index in [9.17, 15) is 0 Å². The molecule has 2 aromatic carbocycles. The average Bonchev–Trinajstić information content (AvgIpc) is 3.15. The molecule has 1 fully saturated rings. The van der Waals surface area contributed by atoms with Crippen LogP contribution in [0.3, 0.4) is 0 Å². The lowest BCUT2D eigenvalue weighted by Gasteiger charge is -2.30. The van der Waals surface area contributed by atoms with Gasteiger partial charge >= 0.3 is 0 Å². The molecule has 1 atom stereocenters. The summed E-state index contributed by atoms with van der Waals surface area (Å²) in [7, 11) is 2.17. The third-order valence-corrected chi connectivity index (χ3v) is 5.42. The highest BCUT2D eigenvalue weighted by molar-refractivity contribution is 6.04. The molecular weight excluding hydrogens is 361 g/mol. The largest absolute Gasteiger partial charge is 0.457 e. The van der Waals surface area contributed by atoms with Gasteiger partial charge in [-0.25, -0.2) is 14.6 Å². The first-order valence-electron chi connectivity index (χ1n) is 9.98. The Morgan fingerprint density at radius 3 is 2.59 bits per heavy atom. The maximum absolute atomic E-state index is 5.91. The van der Waals surface area contributed by atoms with Gasteiger partial charge in [-0.05, 0) is 55.8 Å². The van der Waals surface area contributed by atoms with Gasteiger partial charge in [0.2, 0.25) is 0 Å². The molecule has 1 aliphatic heterocycles. The summed E-state index contributed by atoms with van der Waals surface area (Å²) in [5.74, 6) is 1.62. The molecule has 0 N–H and O–H groups in total. The second kappa shape index (κ2) is 7.68. The Balaban J connectivity index is 1.48. The van der Waals surface area contributed by atoms with E-state index in [2.05, 4.69) is 27.4 Å². The number of rotatable bonds is 4. The van der Waals surface area contributed by atoms with Crippen molar-refractivity contribution in [3.05, 3.63) is 67.1 Å². The molecule has 144 valence electrons. The molecule has 0 spiro atoms. The zero-order valence-electron chi connectivity index (χ0n) is 16.4. The van der Waals surface area contributed by atoms with Crippen LogP contribution in [-0.2, 0) is 0 Å². The Morgan fingerprint density at radius 1 is 1.00 bits per heavy atom. The van der Waals surface area contributed by atoms with Crippen molar-refractivity contribution in [2.45, 2.75) is 18.9 Å². The number of ether oxygens (including phenoxy) is 1. The van der Waals surface area contributed by atoms with Gasteiger partial charge < -0.3 is 9.55 Å². The second-order valence-electron chi connectivity index (χ2n) is 7.55. The first kappa shape index (κ1) is 17.9. The van der Waals surface area contributed by atoms with Gasteiger partial charge in [0.05, 0.1) is 11.4 Å². The number of nitrogens with zero attached hydrogens (tertiary/aromatic N) is 5. The van der Waals surface area contributed by atoms with Crippen molar-refractivity contribution < 1.29 is 4.74 Å². The van der Waals surface area contributed by atoms with Crippen molar-refractivity contribution in [3.63, 3.8) is 0 Å². The highest BCUT2D eigenvalue weighted by Crippen LogP contribution is 2.32. The van der Waals surface area contributed by atoms with Crippen molar-refractivity contribution in [1.82, 2.24) is 24.6 Å². The number of piperidine rings is 1. The maximum Gasteiger partial charge on any atom is 0.185 e. The Morgan fingerprint density at radius 2 is 1.79 bits per heavy atom.